The van der Waals surface area contributed by atoms with E-state index in [9.17, 15) is 0 Å². The molecule has 126 valence electrons. The topological polar surface area (TPSA) is 52.3 Å². The fourth-order valence-corrected chi connectivity index (χ4v) is 3.57. The summed E-state index contributed by atoms with van der Waals surface area (Å²) in [6.07, 6.45) is 0.717. The second-order valence-corrected chi connectivity index (χ2v) is 6.61. The average molecular weight is 350 g/mol. The number of ether oxygens (including phenoxy) is 1. The molecule has 0 spiro atoms. The Morgan fingerprint density at radius 2 is 1.84 bits per heavy atom. The summed E-state index contributed by atoms with van der Waals surface area (Å²) in [4.78, 5) is 0. The van der Waals surface area contributed by atoms with Gasteiger partial charge < -0.3 is 4.74 Å². The molecule has 0 atom stereocenters. The second kappa shape index (κ2) is 7.11. The number of thioether (sulfide) groups is 1. The highest BCUT2D eigenvalue weighted by Gasteiger charge is 2.19. The van der Waals surface area contributed by atoms with Crippen molar-refractivity contribution < 1.29 is 4.74 Å². The van der Waals surface area contributed by atoms with Crippen molar-refractivity contribution in [2.75, 3.05) is 12.4 Å². The molecule has 6 heteroatoms. The fraction of sp³-hybridized carbons (Fsp3) is 0.211. The average Bonchev–Trinajstić information content (AvgIpc) is 3.06. The van der Waals surface area contributed by atoms with Crippen LogP contribution in [0.1, 0.15) is 23.9 Å². The van der Waals surface area contributed by atoms with E-state index in [4.69, 9.17) is 9.84 Å². The van der Waals surface area contributed by atoms with E-state index in [0.29, 0.717) is 13.0 Å². The van der Waals surface area contributed by atoms with Crippen molar-refractivity contribution in [1.29, 1.82) is 0 Å². The molecule has 0 saturated heterocycles. The molecule has 4 rings (SSSR count). The van der Waals surface area contributed by atoms with Crippen LogP contribution in [-0.4, -0.2) is 32.9 Å². The smallest absolute Gasteiger partial charge is 0.212 e. The summed E-state index contributed by atoms with van der Waals surface area (Å²) in [5.74, 6) is 2.53. The predicted molar refractivity (Wildman–Crippen MR) is 99.5 cm³/mol. The zero-order valence-corrected chi connectivity index (χ0v) is 14.7. The molecule has 0 amide bonds. The summed E-state index contributed by atoms with van der Waals surface area (Å²) in [5, 5.41) is 14.2. The number of benzene rings is 2. The van der Waals surface area contributed by atoms with Gasteiger partial charge in [-0.15, -0.1) is 10.2 Å². The van der Waals surface area contributed by atoms with Gasteiger partial charge in [0.1, 0.15) is 5.75 Å². The molecule has 2 heterocycles. The number of hydrogen-bond acceptors (Lipinski definition) is 5. The van der Waals surface area contributed by atoms with Crippen molar-refractivity contribution in [3.8, 4) is 5.75 Å². The molecule has 0 fully saturated rings. The summed E-state index contributed by atoms with van der Waals surface area (Å²) in [6, 6.07) is 18.3. The van der Waals surface area contributed by atoms with Crippen molar-refractivity contribution in [2.24, 2.45) is 5.10 Å². The van der Waals surface area contributed by atoms with E-state index in [1.165, 1.54) is 5.56 Å². The lowest BCUT2D eigenvalue weighted by molar-refractivity contribution is 0.340. The minimum Gasteiger partial charge on any atom is -0.494 e. The van der Waals surface area contributed by atoms with Crippen molar-refractivity contribution in [3.63, 3.8) is 0 Å². The summed E-state index contributed by atoms with van der Waals surface area (Å²) < 4.78 is 7.38. The van der Waals surface area contributed by atoms with Gasteiger partial charge in [-0.3, -0.25) is 0 Å². The highest BCUT2D eigenvalue weighted by molar-refractivity contribution is 7.99. The first-order valence-electron chi connectivity index (χ1n) is 8.25. The summed E-state index contributed by atoms with van der Waals surface area (Å²) in [5.41, 5.74) is 3.32. The van der Waals surface area contributed by atoms with Crippen LogP contribution in [0.15, 0.2) is 64.9 Å². The van der Waals surface area contributed by atoms with Gasteiger partial charge in [0.05, 0.1) is 12.3 Å². The van der Waals surface area contributed by atoms with Crippen LogP contribution in [0.2, 0.25) is 0 Å². The molecule has 3 aromatic rings. The first kappa shape index (κ1) is 15.9. The third-order valence-corrected chi connectivity index (χ3v) is 4.87. The Hall–Kier alpha value is -2.60. The normalized spacial score (nSPS) is 13.2. The van der Waals surface area contributed by atoms with E-state index in [1.54, 1.807) is 11.8 Å². The zero-order valence-electron chi connectivity index (χ0n) is 13.9. The van der Waals surface area contributed by atoms with Crippen molar-refractivity contribution in [1.82, 2.24) is 14.9 Å². The van der Waals surface area contributed by atoms with Crippen LogP contribution in [0.3, 0.4) is 0 Å². The molecular formula is C19H18N4OS. The molecule has 0 bridgehead atoms. The van der Waals surface area contributed by atoms with Crippen LogP contribution in [0.4, 0.5) is 0 Å². The van der Waals surface area contributed by atoms with Gasteiger partial charge in [0.2, 0.25) is 5.16 Å². The van der Waals surface area contributed by atoms with Crippen LogP contribution in [0.25, 0.3) is 0 Å². The summed E-state index contributed by atoms with van der Waals surface area (Å²) in [7, 11) is 0. The van der Waals surface area contributed by atoms with Gasteiger partial charge in [0.15, 0.2) is 5.82 Å². The van der Waals surface area contributed by atoms with Crippen molar-refractivity contribution in [3.05, 3.63) is 71.5 Å². The standard InChI is InChI=1S/C19H18N4OS/c1-2-24-16-10-8-15(9-11-16)17-13-25-19-21-20-18(23(19)22-17)12-14-6-4-3-5-7-14/h3-11H,2,12-13H2,1H3. The van der Waals surface area contributed by atoms with E-state index >= 15 is 0 Å². The van der Waals surface area contributed by atoms with Gasteiger partial charge in [-0.1, -0.05) is 42.1 Å². The minimum absolute atomic E-state index is 0.670. The lowest BCUT2D eigenvalue weighted by atomic mass is 10.1. The van der Waals surface area contributed by atoms with Crippen LogP contribution in [-0.2, 0) is 6.42 Å². The molecule has 2 aromatic carbocycles. The molecule has 0 aliphatic carbocycles. The Morgan fingerprint density at radius 3 is 2.60 bits per heavy atom. The van der Waals surface area contributed by atoms with Crippen molar-refractivity contribution in [2.45, 2.75) is 18.5 Å². The second-order valence-electron chi connectivity index (χ2n) is 5.67. The highest BCUT2D eigenvalue weighted by atomic mass is 32.2. The molecule has 25 heavy (non-hydrogen) atoms. The molecule has 0 radical (unpaired) electrons. The zero-order chi connectivity index (χ0) is 17.1. The molecule has 1 aromatic heterocycles. The number of hydrogen-bond donors (Lipinski definition) is 0. The maximum absolute atomic E-state index is 5.51. The maximum Gasteiger partial charge on any atom is 0.212 e. The van der Waals surface area contributed by atoms with Gasteiger partial charge >= 0.3 is 0 Å². The molecule has 0 N–H and O–H groups in total. The van der Waals surface area contributed by atoms with Gasteiger partial charge in [-0.05, 0) is 42.3 Å². The van der Waals surface area contributed by atoms with Crippen LogP contribution >= 0.6 is 11.8 Å². The maximum atomic E-state index is 5.51. The van der Waals surface area contributed by atoms with E-state index in [-0.39, 0.29) is 0 Å². The Kier molecular flexibility index (Phi) is 4.52. The van der Waals surface area contributed by atoms with E-state index in [0.717, 1.165) is 33.8 Å². The molecule has 1 aliphatic rings. The van der Waals surface area contributed by atoms with Crippen molar-refractivity contribution >= 4 is 17.5 Å². The predicted octanol–water partition coefficient (Wildman–Crippen LogP) is 3.63. The Labute approximate surface area is 150 Å². The van der Waals surface area contributed by atoms with E-state index in [2.05, 4.69) is 34.5 Å². The van der Waals surface area contributed by atoms with Crippen LogP contribution in [0, 0.1) is 0 Å². The molecular weight excluding hydrogens is 332 g/mol. The monoisotopic (exact) mass is 350 g/mol. The first-order chi connectivity index (χ1) is 12.3. The highest BCUT2D eigenvalue weighted by Crippen LogP contribution is 2.25. The molecule has 1 aliphatic heterocycles. The minimum atomic E-state index is 0.670. The largest absolute Gasteiger partial charge is 0.494 e. The Balaban J connectivity index is 1.62. The van der Waals surface area contributed by atoms with Crippen LogP contribution in [0.5, 0.6) is 5.75 Å². The lowest BCUT2D eigenvalue weighted by Gasteiger charge is -2.14. The Morgan fingerprint density at radius 1 is 1.04 bits per heavy atom. The van der Waals surface area contributed by atoms with Crippen LogP contribution < -0.4 is 4.74 Å². The Bertz CT molecular complexity index is 888. The molecule has 0 saturated carbocycles. The van der Waals surface area contributed by atoms with E-state index < -0.39 is 0 Å². The van der Waals surface area contributed by atoms with Gasteiger partial charge in [0.25, 0.3) is 0 Å². The first-order valence-corrected chi connectivity index (χ1v) is 9.24. The number of fused-ring (bicyclic) bond motifs is 1. The van der Waals surface area contributed by atoms with E-state index in [1.807, 2.05) is 41.9 Å². The SMILES string of the molecule is CCOc1ccc(C2=Nn3c(Cc4ccccc4)nnc3SC2)cc1. The summed E-state index contributed by atoms with van der Waals surface area (Å²) in [6.45, 7) is 2.65. The number of rotatable bonds is 5. The quantitative estimate of drug-likeness (QED) is 0.705. The van der Waals surface area contributed by atoms with Gasteiger partial charge in [0, 0.05) is 12.2 Å². The molecule has 0 unspecified atom stereocenters. The number of nitrogens with zero attached hydrogens (tertiary/aromatic N) is 4. The molecule has 5 nitrogen and oxygen atoms in total. The van der Waals surface area contributed by atoms with Gasteiger partial charge in [-0.2, -0.15) is 9.78 Å². The third-order valence-electron chi connectivity index (χ3n) is 3.94. The lowest BCUT2D eigenvalue weighted by Crippen LogP contribution is -2.14. The van der Waals surface area contributed by atoms with Gasteiger partial charge in [-0.25, -0.2) is 0 Å². The summed E-state index contributed by atoms with van der Waals surface area (Å²) >= 11 is 1.66. The third kappa shape index (κ3) is 3.44. The number of aromatic nitrogens is 3. The fourth-order valence-electron chi connectivity index (χ4n) is 2.71.